The van der Waals surface area contributed by atoms with Crippen molar-refractivity contribution in [3.05, 3.63) is 47.3 Å². The Bertz CT molecular complexity index is 747. The van der Waals surface area contributed by atoms with Gasteiger partial charge in [-0.25, -0.2) is 4.68 Å². The van der Waals surface area contributed by atoms with Crippen molar-refractivity contribution in [1.29, 1.82) is 0 Å². The SMILES string of the molecule is CC(C)[C@H]1C2CCC1c1c2cccc1-n1cc(C(N)=O)cn1. The molecule has 2 aliphatic carbocycles. The topological polar surface area (TPSA) is 60.9 Å². The highest BCUT2D eigenvalue weighted by molar-refractivity contribution is 5.92. The van der Waals surface area contributed by atoms with Crippen LogP contribution in [0.15, 0.2) is 30.6 Å². The number of hydrogen-bond acceptors (Lipinski definition) is 2. The Morgan fingerprint density at radius 3 is 2.77 bits per heavy atom. The van der Waals surface area contributed by atoms with Crippen molar-refractivity contribution in [1.82, 2.24) is 9.78 Å². The number of hydrogen-bond donors (Lipinski definition) is 1. The Hall–Kier alpha value is -2.10. The predicted octanol–water partition coefficient (Wildman–Crippen LogP) is 3.22. The Labute approximate surface area is 130 Å². The van der Waals surface area contributed by atoms with Crippen LogP contribution in [0.25, 0.3) is 5.69 Å². The fourth-order valence-corrected chi connectivity index (χ4v) is 4.73. The molecule has 1 saturated carbocycles. The fraction of sp³-hybridized carbons (Fsp3) is 0.444. The number of rotatable bonds is 3. The van der Waals surface area contributed by atoms with Crippen molar-refractivity contribution in [3.8, 4) is 5.69 Å². The molecule has 1 fully saturated rings. The highest BCUT2D eigenvalue weighted by Crippen LogP contribution is 2.60. The molecule has 2 N–H and O–H groups in total. The molecule has 4 heteroatoms. The standard InChI is InChI=1S/C18H21N3O/c1-10(2)16-13-6-7-14(16)17-12(13)4-3-5-15(17)21-9-11(8-20-21)18(19)22/h3-5,8-10,13-14,16H,6-7H2,1-2H3,(H2,19,22)/t13?,14?,16-/m0/s1. The lowest BCUT2D eigenvalue weighted by molar-refractivity contribution is 0.100. The van der Waals surface area contributed by atoms with Gasteiger partial charge in [0.25, 0.3) is 5.91 Å². The summed E-state index contributed by atoms with van der Waals surface area (Å²) in [5.41, 5.74) is 9.85. The Kier molecular flexibility index (Phi) is 2.90. The number of carbonyl (C=O) groups excluding carboxylic acids is 1. The van der Waals surface area contributed by atoms with Crippen LogP contribution in [0.4, 0.5) is 0 Å². The van der Waals surface area contributed by atoms with E-state index in [0.717, 1.165) is 11.6 Å². The van der Waals surface area contributed by atoms with Crippen LogP contribution in [-0.2, 0) is 0 Å². The molecular weight excluding hydrogens is 274 g/mol. The molecule has 1 aromatic heterocycles. The summed E-state index contributed by atoms with van der Waals surface area (Å²) in [6.45, 7) is 4.67. The molecule has 1 heterocycles. The highest BCUT2D eigenvalue weighted by Gasteiger charge is 2.48. The Balaban J connectivity index is 1.83. The lowest BCUT2D eigenvalue weighted by Crippen LogP contribution is -2.12. The van der Waals surface area contributed by atoms with Crippen molar-refractivity contribution < 1.29 is 4.79 Å². The van der Waals surface area contributed by atoms with Crippen LogP contribution in [0, 0.1) is 11.8 Å². The molecule has 22 heavy (non-hydrogen) atoms. The van der Waals surface area contributed by atoms with Gasteiger partial charge in [-0.2, -0.15) is 5.10 Å². The Morgan fingerprint density at radius 1 is 1.32 bits per heavy atom. The van der Waals surface area contributed by atoms with Crippen LogP contribution >= 0.6 is 0 Å². The largest absolute Gasteiger partial charge is 0.366 e. The van der Waals surface area contributed by atoms with E-state index in [4.69, 9.17) is 5.73 Å². The van der Waals surface area contributed by atoms with Gasteiger partial charge in [0.1, 0.15) is 0 Å². The van der Waals surface area contributed by atoms with Gasteiger partial charge in [-0.1, -0.05) is 26.0 Å². The highest BCUT2D eigenvalue weighted by atomic mass is 16.1. The van der Waals surface area contributed by atoms with E-state index in [1.807, 2.05) is 4.68 Å². The first-order chi connectivity index (χ1) is 10.6. The van der Waals surface area contributed by atoms with Gasteiger partial charge in [0.05, 0.1) is 17.4 Å². The zero-order valence-electron chi connectivity index (χ0n) is 13.0. The second-order valence-electron chi connectivity index (χ2n) is 6.93. The molecule has 2 unspecified atom stereocenters. The molecule has 4 nitrogen and oxygen atoms in total. The number of fused-ring (bicyclic) bond motifs is 5. The number of amides is 1. The number of nitrogens with two attached hydrogens (primary N) is 1. The smallest absolute Gasteiger partial charge is 0.251 e. The number of aromatic nitrogens is 2. The molecule has 2 aromatic rings. The molecule has 0 spiro atoms. The van der Waals surface area contributed by atoms with Crippen molar-refractivity contribution in [2.75, 3.05) is 0 Å². The molecule has 4 rings (SSSR count). The van der Waals surface area contributed by atoms with Crippen LogP contribution in [0.3, 0.4) is 0 Å². The first-order valence-corrected chi connectivity index (χ1v) is 8.05. The summed E-state index contributed by atoms with van der Waals surface area (Å²) < 4.78 is 1.82. The van der Waals surface area contributed by atoms with Gasteiger partial charge in [0, 0.05) is 6.20 Å². The van der Waals surface area contributed by atoms with Gasteiger partial charge in [0.15, 0.2) is 0 Å². The minimum absolute atomic E-state index is 0.430. The molecule has 0 saturated heterocycles. The van der Waals surface area contributed by atoms with E-state index in [-0.39, 0.29) is 0 Å². The molecule has 2 aliphatic rings. The van der Waals surface area contributed by atoms with Gasteiger partial charge in [0.2, 0.25) is 0 Å². The molecule has 2 bridgehead atoms. The van der Waals surface area contributed by atoms with Crippen LogP contribution < -0.4 is 5.73 Å². The molecule has 114 valence electrons. The summed E-state index contributed by atoms with van der Waals surface area (Å²) in [4.78, 5) is 11.3. The van der Waals surface area contributed by atoms with Crippen molar-refractivity contribution in [3.63, 3.8) is 0 Å². The van der Waals surface area contributed by atoms with E-state index in [2.05, 4.69) is 37.1 Å². The summed E-state index contributed by atoms with van der Waals surface area (Å²) in [5.74, 6) is 2.31. The molecule has 0 aliphatic heterocycles. The molecular formula is C18H21N3O. The maximum Gasteiger partial charge on any atom is 0.251 e. The fourth-order valence-electron chi connectivity index (χ4n) is 4.73. The first-order valence-electron chi connectivity index (χ1n) is 8.05. The normalized spacial score (nSPS) is 25.7. The van der Waals surface area contributed by atoms with Crippen LogP contribution in [-0.4, -0.2) is 15.7 Å². The zero-order valence-corrected chi connectivity index (χ0v) is 13.0. The number of carbonyl (C=O) groups is 1. The average molecular weight is 295 g/mol. The van der Waals surface area contributed by atoms with E-state index < -0.39 is 5.91 Å². The Morgan fingerprint density at radius 2 is 2.09 bits per heavy atom. The van der Waals surface area contributed by atoms with Crippen LogP contribution in [0.1, 0.15) is 60.0 Å². The average Bonchev–Trinajstić information content (AvgIpc) is 3.20. The predicted molar refractivity (Wildman–Crippen MR) is 85.1 cm³/mol. The minimum Gasteiger partial charge on any atom is -0.366 e. The monoisotopic (exact) mass is 295 g/mol. The van der Waals surface area contributed by atoms with Gasteiger partial charge in [-0.3, -0.25) is 4.79 Å². The van der Waals surface area contributed by atoms with Crippen molar-refractivity contribution in [2.45, 2.75) is 38.5 Å². The summed E-state index contributed by atoms with van der Waals surface area (Å²) in [6.07, 6.45) is 5.86. The molecule has 1 aromatic carbocycles. The van der Waals surface area contributed by atoms with Crippen LogP contribution in [0.2, 0.25) is 0 Å². The molecule has 0 radical (unpaired) electrons. The summed E-state index contributed by atoms with van der Waals surface area (Å²) in [6, 6.07) is 6.49. The molecule has 1 amide bonds. The number of primary amides is 1. The zero-order chi connectivity index (χ0) is 15.4. The third-order valence-electron chi connectivity index (χ3n) is 5.49. The summed E-state index contributed by atoms with van der Waals surface area (Å²) in [5, 5.41) is 4.35. The third-order valence-corrected chi connectivity index (χ3v) is 5.49. The van der Waals surface area contributed by atoms with E-state index >= 15 is 0 Å². The quantitative estimate of drug-likeness (QED) is 0.945. The number of nitrogens with zero attached hydrogens (tertiary/aromatic N) is 2. The van der Waals surface area contributed by atoms with E-state index in [1.54, 1.807) is 12.4 Å². The third kappa shape index (κ3) is 1.76. The maximum absolute atomic E-state index is 11.3. The summed E-state index contributed by atoms with van der Waals surface area (Å²) in [7, 11) is 0. The summed E-state index contributed by atoms with van der Waals surface area (Å²) >= 11 is 0. The van der Waals surface area contributed by atoms with E-state index in [1.165, 1.54) is 24.0 Å². The van der Waals surface area contributed by atoms with Gasteiger partial charge in [-0.05, 0) is 53.7 Å². The van der Waals surface area contributed by atoms with Gasteiger partial charge in [-0.15, -0.1) is 0 Å². The maximum atomic E-state index is 11.3. The van der Waals surface area contributed by atoms with E-state index in [0.29, 0.717) is 23.3 Å². The second-order valence-corrected chi connectivity index (χ2v) is 6.93. The first kappa shape index (κ1) is 13.6. The van der Waals surface area contributed by atoms with Gasteiger partial charge < -0.3 is 5.73 Å². The second kappa shape index (κ2) is 4.70. The van der Waals surface area contributed by atoms with E-state index in [9.17, 15) is 4.79 Å². The van der Waals surface area contributed by atoms with Crippen molar-refractivity contribution >= 4 is 5.91 Å². The molecule has 3 atom stereocenters. The van der Waals surface area contributed by atoms with Crippen LogP contribution in [0.5, 0.6) is 0 Å². The van der Waals surface area contributed by atoms with Gasteiger partial charge >= 0.3 is 0 Å². The number of benzene rings is 1. The van der Waals surface area contributed by atoms with Crippen molar-refractivity contribution in [2.24, 2.45) is 17.6 Å². The lowest BCUT2D eigenvalue weighted by Gasteiger charge is -2.20. The minimum atomic E-state index is -0.430. The lowest BCUT2D eigenvalue weighted by atomic mass is 9.85.